The summed E-state index contributed by atoms with van der Waals surface area (Å²) in [5.41, 5.74) is 1.20. The first-order chi connectivity index (χ1) is 10.1. The molecule has 1 N–H and O–H groups in total. The second-order valence-corrected chi connectivity index (χ2v) is 8.31. The monoisotopic (exact) mass is 404 g/mol. The zero-order chi connectivity index (χ0) is 14.8. The van der Waals surface area contributed by atoms with E-state index in [-0.39, 0.29) is 6.04 Å². The molecule has 0 spiro atoms. The predicted octanol–water partition coefficient (Wildman–Crippen LogP) is 4.81. The Bertz CT molecular complexity index is 626. The van der Waals surface area contributed by atoms with Gasteiger partial charge in [-0.2, -0.15) is 0 Å². The van der Waals surface area contributed by atoms with Crippen molar-refractivity contribution in [1.29, 1.82) is 0 Å². The van der Waals surface area contributed by atoms with Gasteiger partial charge >= 0.3 is 0 Å². The van der Waals surface area contributed by atoms with Crippen LogP contribution in [0.25, 0.3) is 0 Å². The summed E-state index contributed by atoms with van der Waals surface area (Å²) in [7, 11) is 0. The summed E-state index contributed by atoms with van der Waals surface area (Å²) in [6.45, 7) is 4.09. The van der Waals surface area contributed by atoms with Crippen molar-refractivity contribution in [3.63, 3.8) is 0 Å². The molecule has 2 nitrogen and oxygen atoms in total. The molecule has 0 saturated carbocycles. The molecule has 1 unspecified atom stereocenters. The lowest BCUT2D eigenvalue weighted by Crippen LogP contribution is -2.45. The van der Waals surface area contributed by atoms with Gasteiger partial charge < -0.3 is 5.32 Å². The normalized spacial score (nSPS) is 17.9. The molecule has 0 aliphatic carbocycles. The van der Waals surface area contributed by atoms with Crippen LogP contribution in [-0.4, -0.2) is 31.1 Å². The van der Waals surface area contributed by atoms with Crippen LogP contribution in [0.5, 0.6) is 0 Å². The van der Waals surface area contributed by atoms with E-state index in [1.54, 1.807) is 11.3 Å². The molecule has 1 aliphatic rings. The summed E-state index contributed by atoms with van der Waals surface area (Å²) < 4.78 is 1.15. The molecule has 1 saturated heterocycles. The van der Waals surface area contributed by atoms with Crippen molar-refractivity contribution in [2.24, 2.45) is 0 Å². The summed E-state index contributed by atoms with van der Waals surface area (Å²) in [5, 5.41) is 4.62. The van der Waals surface area contributed by atoms with Crippen LogP contribution < -0.4 is 5.32 Å². The van der Waals surface area contributed by atoms with Gasteiger partial charge in [-0.15, -0.1) is 11.3 Å². The second kappa shape index (κ2) is 6.99. The summed E-state index contributed by atoms with van der Waals surface area (Å²) in [5.74, 6) is 0. The molecule has 2 heterocycles. The van der Waals surface area contributed by atoms with E-state index in [1.807, 2.05) is 12.1 Å². The van der Waals surface area contributed by atoms with Crippen molar-refractivity contribution < 1.29 is 0 Å². The molecule has 1 aliphatic heterocycles. The molecule has 1 aromatic carbocycles. The van der Waals surface area contributed by atoms with E-state index in [2.05, 4.69) is 44.3 Å². The lowest BCUT2D eigenvalue weighted by molar-refractivity contribution is 0.200. The Morgan fingerprint density at radius 1 is 1.10 bits per heavy atom. The third kappa shape index (κ3) is 3.63. The Kier molecular flexibility index (Phi) is 5.25. The molecule has 1 fully saturated rings. The Hall–Kier alpha value is -0.100. The van der Waals surface area contributed by atoms with Gasteiger partial charge in [-0.25, -0.2) is 0 Å². The number of thiophene rings is 1. The molecule has 1 atom stereocenters. The number of piperazine rings is 1. The average Bonchev–Trinajstić information content (AvgIpc) is 2.90. The highest BCUT2D eigenvalue weighted by molar-refractivity contribution is 9.11. The van der Waals surface area contributed by atoms with Gasteiger partial charge in [-0.05, 0) is 45.8 Å². The van der Waals surface area contributed by atoms with E-state index in [1.165, 1.54) is 10.4 Å². The number of halogens is 3. The Balaban J connectivity index is 2.00. The highest BCUT2D eigenvalue weighted by atomic mass is 79.9. The van der Waals surface area contributed by atoms with Gasteiger partial charge in [0, 0.05) is 31.1 Å². The van der Waals surface area contributed by atoms with Crippen molar-refractivity contribution >= 4 is 50.5 Å². The minimum atomic E-state index is 0.234. The number of benzene rings is 1. The van der Waals surface area contributed by atoms with Gasteiger partial charge in [0.2, 0.25) is 0 Å². The summed E-state index contributed by atoms with van der Waals surface area (Å²) in [6.07, 6.45) is 0. The quantitative estimate of drug-likeness (QED) is 0.787. The van der Waals surface area contributed by atoms with E-state index in [0.29, 0.717) is 10.0 Å². The van der Waals surface area contributed by atoms with Crippen molar-refractivity contribution in [3.05, 3.63) is 54.6 Å². The lowest BCUT2D eigenvalue weighted by atomic mass is 10.0. The maximum Gasteiger partial charge on any atom is 0.0702 e. The van der Waals surface area contributed by atoms with E-state index in [9.17, 15) is 0 Å². The standard InChI is InChI=1S/C15H15BrCl2N2S/c16-14-4-3-13(21-14)15(20-7-5-19-6-8-20)10-1-2-11(17)12(18)9-10/h1-4,9,15,19H,5-8H2. The van der Waals surface area contributed by atoms with Crippen LogP contribution in [0, 0.1) is 0 Å². The topological polar surface area (TPSA) is 15.3 Å². The van der Waals surface area contributed by atoms with Gasteiger partial charge in [0.1, 0.15) is 0 Å². The zero-order valence-corrected chi connectivity index (χ0v) is 15.2. The molecule has 0 bridgehead atoms. The van der Waals surface area contributed by atoms with E-state index >= 15 is 0 Å². The van der Waals surface area contributed by atoms with Crippen LogP contribution in [0.15, 0.2) is 34.1 Å². The summed E-state index contributed by atoms with van der Waals surface area (Å²) in [4.78, 5) is 3.82. The van der Waals surface area contributed by atoms with Crippen LogP contribution in [0.4, 0.5) is 0 Å². The minimum absolute atomic E-state index is 0.234. The first-order valence-corrected chi connectivity index (χ1v) is 9.16. The number of nitrogens with zero attached hydrogens (tertiary/aromatic N) is 1. The maximum atomic E-state index is 6.22. The zero-order valence-electron chi connectivity index (χ0n) is 11.3. The van der Waals surface area contributed by atoms with Gasteiger partial charge in [0.05, 0.1) is 19.9 Å². The number of rotatable bonds is 3. The first kappa shape index (κ1) is 15.8. The summed E-state index contributed by atoms with van der Waals surface area (Å²) in [6, 6.07) is 10.5. The van der Waals surface area contributed by atoms with E-state index in [0.717, 1.165) is 30.0 Å². The van der Waals surface area contributed by atoms with Crippen LogP contribution in [0.1, 0.15) is 16.5 Å². The molecule has 21 heavy (non-hydrogen) atoms. The van der Waals surface area contributed by atoms with Crippen LogP contribution in [-0.2, 0) is 0 Å². The fourth-order valence-electron chi connectivity index (χ4n) is 2.65. The van der Waals surface area contributed by atoms with Gasteiger partial charge in [-0.3, -0.25) is 4.90 Å². The molecular weight excluding hydrogens is 391 g/mol. The van der Waals surface area contributed by atoms with Crippen LogP contribution >= 0.6 is 50.5 Å². The smallest absolute Gasteiger partial charge is 0.0702 e. The van der Waals surface area contributed by atoms with Crippen LogP contribution in [0.3, 0.4) is 0 Å². The Morgan fingerprint density at radius 3 is 2.48 bits per heavy atom. The second-order valence-electron chi connectivity index (χ2n) is 5.00. The van der Waals surface area contributed by atoms with Crippen LogP contribution in [0.2, 0.25) is 10.0 Å². The molecule has 2 aromatic rings. The molecule has 0 radical (unpaired) electrons. The minimum Gasteiger partial charge on any atom is -0.314 e. The van der Waals surface area contributed by atoms with Gasteiger partial charge in [0.25, 0.3) is 0 Å². The largest absolute Gasteiger partial charge is 0.314 e. The molecule has 3 rings (SSSR count). The fourth-order valence-corrected chi connectivity index (χ4v) is 4.55. The summed E-state index contributed by atoms with van der Waals surface area (Å²) >= 11 is 17.6. The third-order valence-electron chi connectivity index (χ3n) is 3.64. The molecule has 1 aromatic heterocycles. The fraction of sp³-hybridized carbons (Fsp3) is 0.333. The molecular formula is C15H15BrCl2N2S. The van der Waals surface area contributed by atoms with Crippen molar-refractivity contribution in [3.8, 4) is 0 Å². The van der Waals surface area contributed by atoms with E-state index < -0.39 is 0 Å². The SMILES string of the molecule is Clc1ccc(C(c2ccc(Br)s2)N2CCNCC2)cc1Cl. The van der Waals surface area contributed by atoms with Crippen molar-refractivity contribution in [2.75, 3.05) is 26.2 Å². The maximum absolute atomic E-state index is 6.22. The van der Waals surface area contributed by atoms with Gasteiger partial charge in [-0.1, -0.05) is 29.3 Å². The van der Waals surface area contributed by atoms with Crippen molar-refractivity contribution in [2.45, 2.75) is 6.04 Å². The number of nitrogens with one attached hydrogen (secondary N) is 1. The Labute approximate surface area is 147 Å². The molecule has 0 amide bonds. The average molecular weight is 406 g/mol. The van der Waals surface area contributed by atoms with Gasteiger partial charge in [0.15, 0.2) is 0 Å². The predicted molar refractivity (Wildman–Crippen MR) is 94.8 cm³/mol. The highest BCUT2D eigenvalue weighted by Gasteiger charge is 2.25. The van der Waals surface area contributed by atoms with E-state index in [4.69, 9.17) is 23.2 Å². The Morgan fingerprint density at radius 2 is 1.86 bits per heavy atom. The number of hydrogen-bond acceptors (Lipinski definition) is 3. The third-order valence-corrected chi connectivity index (χ3v) is 6.05. The molecule has 6 heteroatoms. The van der Waals surface area contributed by atoms with Crippen molar-refractivity contribution in [1.82, 2.24) is 10.2 Å². The molecule has 112 valence electrons. The lowest BCUT2D eigenvalue weighted by Gasteiger charge is -2.34. The first-order valence-electron chi connectivity index (χ1n) is 6.80. The highest BCUT2D eigenvalue weighted by Crippen LogP contribution is 2.37. The number of hydrogen-bond donors (Lipinski definition) is 1.